The summed E-state index contributed by atoms with van der Waals surface area (Å²) in [6, 6.07) is 13.6. The fraction of sp³-hybridized carbons (Fsp3) is 0.300. The first-order valence-electron chi connectivity index (χ1n) is 8.93. The second-order valence-corrected chi connectivity index (χ2v) is 7.42. The van der Waals surface area contributed by atoms with Crippen LogP contribution in [-0.2, 0) is 4.79 Å². The van der Waals surface area contributed by atoms with Crippen molar-refractivity contribution in [3.8, 4) is 11.5 Å². The number of rotatable bonds is 8. The molecule has 27 heavy (non-hydrogen) atoms. The van der Waals surface area contributed by atoms with Gasteiger partial charge in [0.25, 0.3) is 5.22 Å². The van der Waals surface area contributed by atoms with Crippen LogP contribution in [-0.4, -0.2) is 26.3 Å². The second kappa shape index (κ2) is 9.32. The third kappa shape index (κ3) is 5.17. The number of thioether (sulfide) groups is 1. The molecule has 140 valence electrons. The molecule has 7 heteroatoms. The number of amides is 1. The largest absolute Gasteiger partial charge is 0.411 e. The van der Waals surface area contributed by atoms with E-state index in [0.29, 0.717) is 11.1 Å². The summed E-state index contributed by atoms with van der Waals surface area (Å²) in [4.78, 5) is 16.6. The molecule has 0 spiro atoms. The van der Waals surface area contributed by atoms with Crippen LogP contribution in [0.1, 0.15) is 38.3 Å². The summed E-state index contributed by atoms with van der Waals surface area (Å²) in [7, 11) is 0. The van der Waals surface area contributed by atoms with Gasteiger partial charge in [0.2, 0.25) is 11.8 Å². The number of benzene rings is 1. The van der Waals surface area contributed by atoms with Crippen LogP contribution < -0.4 is 5.32 Å². The molecule has 2 unspecified atom stereocenters. The average Bonchev–Trinajstić information content (AvgIpc) is 3.17. The van der Waals surface area contributed by atoms with E-state index >= 15 is 0 Å². The van der Waals surface area contributed by atoms with Crippen molar-refractivity contribution in [3.05, 3.63) is 60.4 Å². The molecule has 1 N–H and O–H groups in total. The van der Waals surface area contributed by atoms with Gasteiger partial charge in [0.05, 0.1) is 11.3 Å². The van der Waals surface area contributed by atoms with Crippen LogP contribution in [0.25, 0.3) is 11.5 Å². The second-order valence-electron chi connectivity index (χ2n) is 6.13. The van der Waals surface area contributed by atoms with Gasteiger partial charge in [-0.3, -0.25) is 9.78 Å². The fourth-order valence-electron chi connectivity index (χ4n) is 2.66. The van der Waals surface area contributed by atoms with E-state index < -0.39 is 0 Å². The van der Waals surface area contributed by atoms with Gasteiger partial charge in [-0.15, -0.1) is 10.2 Å². The van der Waals surface area contributed by atoms with Crippen LogP contribution >= 0.6 is 11.8 Å². The molecular formula is C20H22N4O2S. The normalized spacial score (nSPS) is 13.1. The van der Waals surface area contributed by atoms with E-state index in [-0.39, 0.29) is 17.2 Å². The zero-order valence-electron chi connectivity index (χ0n) is 15.3. The van der Waals surface area contributed by atoms with Crippen molar-refractivity contribution in [2.45, 2.75) is 43.2 Å². The van der Waals surface area contributed by atoms with Gasteiger partial charge in [0, 0.05) is 18.0 Å². The first kappa shape index (κ1) is 19.1. The van der Waals surface area contributed by atoms with Gasteiger partial charge in [0.1, 0.15) is 0 Å². The van der Waals surface area contributed by atoms with Gasteiger partial charge in [-0.25, -0.2) is 0 Å². The lowest BCUT2D eigenvalue weighted by atomic mass is 10.0. The van der Waals surface area contributed by atoms with Crippen LogP contribution in [0.15, 0.2) is 64.5 Å². The summed E-state index contributed by atoms with van der Waals surface area (Å²) in [5, 5.41) is 11.2. The Bertz CT molecular complexity index is 855. The number of aromatic nitrogens is 3. The highest BCUT2D eigenvalue weighted by molar-refractivity contribution is 8.00. The summed E-state index contributed by atoms with van der Waals surface area (Å²) in [5.74, 6) is 0.367. The SMILES string of the molecule is CCCC(NC(=O)C(C)Sc1nnc(-c2ccncc2)o1)c1ccccc1. The minimum absolute atomic E-state index is 0.00168. The summed E-state index contributed by atoms with van der Waals surface area (Å²) in [5.41, 5.74) is 1.91. The first-order chi connectivity index (χ1) is 13.2. The number of carbonyl (C=O) groups is 1. The molecule has 2 heterocycles. The highest BCUT2D eigenvalue weighted by atomic mass is 32.2. The van der Waals surface area contributed by atoms with Crippen molar-refractivity contribution in [2.24, 2.45) is 0 Å². The average molecular weight is 382 g/mol. The van der Waals surface area contributed by atoms with E-state index in [4.69, 9.17) is 4.42 Å². The number of nitrogens with zero attached hydrogens (tertiary/aromatic N) is 3. The molecule has 6 nitrogen and oxygen atoms in total. The van der Waals surface area contributed by atoms with E-state index in [0.717, 1.165) is 24.0 Å². The molecule has 2 aromatic heterocycles. The minimum atomic E-state index is -0.348. The maximum absolute atomic E-state index is 12.7. The Morgan fingerprint density at radius 1 is 1.15 bits per heavy atom. The summed E-state index contributed by atoms with van der Waals surface area (Å²) in [6.07, 6.45) is 5.21. The van der Waals surface area contributed by atoms with E-state index in [9.17, 15) is 4.79 Å². The topological polar surface area (TPSA) is 80.9 Å². The van der Waals surface area contributed by atoms with Crippen molar-refractivity contribution in [1.82, 2.24) is 20.5 Å². The molecule has 0 bridgehead atoms. The number of hydrogen-bond acceptors (Lipinski definition) is 6. The predicted molar refractivity (Wildman–Crippen MR) is 105 cm³/mol. The molecule has 0 aliphatic rings. The number of nitrogens with one attached hydrogen (secondary N) is 1. The van der Waals surface area contributed by atoms with Crippen LogP contribution in [0, 0.1) is 0 Å². The molecular weight excluding hydrogens is 360 g/mol. The fourth-order valence-corrected chi connectivity index (χ4v) is 3.35. The van der Waals surface area contributed by atoms with Crippen LogP contribution in [0.3, 0.4) is 0 Å². The highest BCUT2D eigenvalue weighted by Crippen LogP contribution is 2.27. The van der Waals surface area contributed by atoms with Crippen LogP contribution in [0.4, 0.5) is 0 Å². The molecule has 1 amide bonds. The first-order valence-corrected chi connectivity index (χ1v) is 9.81. The zero-order chi connectivity index (χ0) is 19.1. The van der Waals surface area contributed by atoms with Crippen molar-refractivity contribution in [3.63, 3.8) is 0 Å². The van der Waals surface area contributed by atoms with Crippen molar-refractivity contribution in [2.75, 3.05) is 0 Å². The predicted octanol–water partition coefficient (Wildman–Crippen LogP) is 4.27. The molecule has 0 fully saturated rings. The van der Waals surface area contributed by atoms with Crippen molar-refractivity contribution in [1.29, 1.82) is 0 Å². The van der Waals surface area contributed by atoms with E-state index in [1.165, 1.54) is 11.8 Å². The van der Waals surface area contributed by atoms with Crippen molar-refractivity contribution < 1.29 is 9.21 Å². The number of carbonyl (C=O) groups excluding carboxylic acids is 1. The minimum Gasteiger partial charge on any atom is -0.411 e. The summed E-state index contributed by atoms with van der Waals surface area (Å²) >= 11 is 1.25. The summed E-state index contributed by atoms with van der Waals surface area (Å²) < 4.78 is 5.66. The smallest absolute Gasteiger partial charge is 0.277 e. The molecule has 2 atom stereocenters. The zero-order valence-corrected chi connectivity index (χ0v) is 16.1. The maximum Gasteiger partial charge on any atom is 0.277 e. The third-order valence-corrected chi connectivity index (χ3v) is 5.01. The molecule has 3 rings (SSSR count). The van der Waals surface area contributed by atoms with Crippen molar-refractivity contribution >= 4 is 17.7 Å². The third-order valence-electron chi connectivity index (χ3n) is 4.08. The molecule has 0 aliphatic carbocycles. The Balaban J connectivity index is 1.62. The number of hydrogen-bond donors (Lipinski definition) is 1. The number of pyridine rings is 1. The van der Waals surface area contributed by atoms with E-state index in [2.05, 4.69) is 27.4 Å². The Morgan fingerprint density at radius 2 is 1.89 bits per heavy atom. The van der Waals surface area contributed by atoms with Crippen LogP contribution in [0.5, 0.6) is 0 Å². The molecule has 1 aromatic carbocycles. The van der Waals surface area contributed by atoms with Gasteiger partial charge in [-0.2, -0.15) is 0 Å². The lowest BCUT2D eigenvalue weighted by Gasteiger charge is -2.20. The van der Waals surface area contributed by atoms with Gasteiger partial charge in [-0.05, 0) is 31.0 Å². The van der Waals surface area contributed by atoms with E-state index in [1.54, 1.807) is 24.5 Å². The Hall–Kier alpha value is -2.67. The maximum atomic E-state index is 12.7. The molecule has 0 saturated carbocycles. The monoisotopic (exact) mass is 382 g/mol. The molecule has 0 saturated heterocycles. The van der Waals surface area contributed by atoms with Gasteiger partial charge in [-0.1, -0.05) is 55.4 Å². The van der Waals surface area contributed by atoms with Gasteiger partial charge in [0.15, 0.2) is 0 Å². The van der Waals surface area contributed by atoms with Crippen LogP contribution in [0.2, 0.25) is 0 Å². The molecule has 0 aliphatic heterocycles. The molecule has 0 radical (unpaired) electrons. The Kier molecular flexibility index (Phi) is 6.59. The summed E-state index contributed by atoms with van der Waals surface area (Å²) in [6.45, 7) is 3.95. The van der Waals surface area contributed by atoms with E-state index in [1.807, 2.05) is 37.3 Å². The molecule has 3 aromatic rings. The highest BCUT2D eigenvalue weighted by Gasteiger charge is 2.22. The van der Waals surface area contributed by atoms with Gasteiger partial charge >= 0.3 is 0 Å². The quantitative estimate of drug-likeness (QED) is 0.586. The standard InChI is InChI=1S/C20H22N4O2S/c1-3-7-17(15-8-5-4-6-9-15)22-18(25)14(2)27-20-24-23-19(26-20)16-10-12-21-13-11-16/h4-6,8-14,17H,3,7H2,1-2H3,(H,22,25). The lowest BCUT2D eigenvalue weighted by Crippen LogP contribution is -2.34. The Morgan fingerprint density at radius 3 is 2.59 bits per heavy atom. The van der Waals surface area contributed by atoms with Gasteiger partial charge < -0.3 is 9.73 Å². The lowest BCUT2D eigenvalue weighted by molar-refractivity contribution is -0.121. The Labute approximate surface area is 162 Å².